The van der Waals surface area contributed by atoms with Crippen molar-refractivity contribution in [1.29, 1.82) is 0 Å². The Balaban J connectivity index is 1.77. The molecule has 1 saturated carbocycles. The number of amides is 1. The maximum absolute atomic E-state index is 11.7. The molecular weight excluding hydrogens is 344 g/mol. The lowest BCUT2D eigenvalue weighted by molar-refractivity contribution is -0.122. The molecule has 2 rings (SSSR count). The molecule has 1 amide bonds. The lowest BCUT2D eigenvalue weighted by Crippen LogP contribution is -2.42. The van der Waals surface area contributed by atoms with Gasteiger partial charge in [0.15, 0.2) is 5.96 Å². The number of aliphatic imine (C=N–C) groups is 1. The molecule has 0 unspecified atom stereocenters. The van der Waals surface area contributed by atoms with E-state index in [1.807, 2.05) is 31.2 Å². The highest BCUT2D eigenvalue weighted by atomic mass is 16.5. The maximum atomic E-state index is 11.7. The summed E-state index contributed by atoms with van der Waals surface area (Å²) in [5.41, 5.74) is 1.10. The molecule has 0 bridgehead atoms. The van der Waals surface area contributed by atoms with Crippen LogP contribution in [0, 0.1) is 5.92 Å². The summed E-state index contributed by atoms with van der Waals surface area (Å²) in [6.45, 7) is 6.04. The van der Waals surface area contributed by atoms with Crippen LogP contribution in [0.5, 0.6) is 5.75 Å². The van der Waals surface area contributed by atoms with Crippen molar-refractivity contribution in [3.05, 3.63) is 29.8 Å². The van der Waals surface area contributed by atoms with E-state index in [4.69, 9.17) is 9.47 Å². The van der Waals surface area contributed by atoms with Crippen molar-refractivity contribution in [1.82, 2.24) is 16.0 Å². The molecule has 0 saturated heterocycles. The van der Waals surface area contributed by atoms with E-state index in [9.17, 15) is 4.79 Å². The van der Waals surface area contributed by atoms with Gasteiger partial charge in [-0.15, -0.1) is 0 Å². The zero-order valence-electron chi connectivity index (χ0n) is 16.4. The summed E-state index contributed by atoms with van der Waals surface area (Å²) in [5.74, 6) is 1.98. The SMILES string of the molecule is CCOCCCNC(=NCc1ccc(OC)cc1)NCCNC(=O)C1CC1. The predicted octanol–water partition coefficient (Wildman–Crippen LogP) is 1.68. The van der Waals surface area contributed by atoms with Gasteiger partial charge in [0, 0.05) is 38.8 Å². The first-order valence-corrected chi connectivity index (χ1v) is 9.73. The van der Waals surface area contributed by atoms with Crippen LogP contribution in [-0.2, 0) is 16.1 Å². The van der Waals surface area contributed by atoms with Crippen LogP contribution in [0.1, 0.15) is 31.7 Å². The van der Waals surface area contributed by atoms with Crippen molar-refractivity contribution < 1.29 is 14.3 Å². The largest absolute Gasteiger partial charge is 0.497 e. The van der Waals surface area contributed by atoms with Gasteiger partial charge in [-0.3, -0.25) is 4.79 Å². The standard InChI is InChI=1S/C20H32N4O3/c1-3-27-14-4-11-22-20(23-13-12-21-19(25)17-7-8-17)24-15-16-5-9-18(26-2)10-6-16/h5-6,9-10,17H,3-4,7-8,11-15H2,1-2H3,(H,21,25)(H2,22,23,24). The topological polar surface area (TPSA) is 84.0 Å². The van der Waals surface area contributed by atoms with Gasteiger partial charge in [0.25, 0.3) is 0 Å². The van der Waals surface area contributed by atoms with E-state index < -0.39 is 0 Å². The first-order valence-electron chi connectivity index (χ1n) is 9.73. The third-order valence-electron chi connectivity index (χ3n) is 4.21. The third kappa shape index (κ3) is 8.77. The number of ether oxygens (including phenoxy) is 2. The molecule has 0 spiro atoms. The molecule has 1 aliphatic carbocycles. The Morgan fingerprint density at radius 3 is 2.48 bits per heavy atom. The Labute approximate surface area is 161 Å². The van der Waals surface area contributed by atoms with Gasteiger partial charge >= 0.3 is 0 Å². The van der Waals surface area contributed by atoms with E-state index in [0.29, 0.717) is 19.6 Å². The van der Waals surface area contributed by atoms with Crippen LogP contribution in [0.25, 0.3) is 0 Å². The van der Waals surface area contributed by atoms with Crippen LogP contribution in [0.4, 0.5) is 0 Å². The Bertz CT molecular complexity index is 585. The van der Waals surface area contributed by atoms with Crippen molar-refractivity contribution in [2.45, 2.75) is 32.7 Å². The van der Waals surface area contributed by atoms with Crippen LogP contribution in [0.15, 0.2) is 29.3 Å². The molecule has 3 N–H and O–H groups in total. The molecular formula is C20H32N4O3. The fourth-order valence-corrected chi connectivity index (χ4v) is 2.46. The quantitative estimate of drug-likeness (QED) is 0.294. The maximum Gasteiger partial charge on any atom is 0.223 e. The van der Waals surface area contributed by atoms with Crippen molar-refractivity contribution in [3.63, 3.8) is 0 Å². The summed E-state index contributed by atoms with van der Waals surface area (Å²) < 4.78 is 10.5. The van der Waals surface area contributed by atoms with Crippen molar-refractivity contribution in [3.8, 4) is 5.75 Å². The highest BCUT2D eigenvalue weighted by molar-refractivity contribution is 5.81. The second-order valence-corrected chi connectivity index (χ2v) is 6.48. The second kappa shape index (κ2) is 12.2. The van der Waals surface area contributed by atoms with Gasteiger partial charge in [0.05, 0.1) is 13.7 Å². The summed E-state index contributed by atoms with van der Waals surface area (Å²) in [4.78, 5) is 16.3. The van der Waals surface area contributed by atoms with Gasteiger partial charge in [-0.1, -0.05) is 12.1 Å². The first-order chi connectivity index (χ1) is 13.2. The summed E-state index contributed by atoms with van der Waals surface area (Å²) >= 11 is 0. The molecule has 1 aliphatic rings. The van der Waals surface area contributed by atoms with Gasteiger partial charge < -0.3 is 25.4 Å². The van der Waals surface area contributed by atoms with Gasteiger partial charge in [-0.05, 0) is 43.9 Å². The molecule has 150 valence electrons. The number of benzene rings is 1. The Hall–Kier alpha value is -2.28. The minimum atomic E-state index is 0.165. The number of carbonyl (C=O) groups is 1. The van der Waals surface area contributed by atoms with Crippen LogP contribution in [0.2, 0.25) is 0 Å². The van der Waals surface area contributed by atoms with Gasteiger partial charge in [0.2, 0.25) is 5.91 Å². The third-order valence-corrected chi connectivity index (χ3v) is 4.21. The van der Waals surface area contributed by atoms with Crippen LogP contribution in [-0.4, -0.2) is 51.8 Å². The molecule has 0 radical (unpaired) electrons. The van der Waals surface area contributed by atoms with Gasteiger partial charge in [-0.25, -0.2) is 4.99 Å². The lowest BCUT2D eigenvalue weighted by Gasteiger charge is -2.13. The molecule has 1 fully saturated rings. The predicted molar refractivity (Wildman–Crippen MR) is 107 cm³/mol. The number of hydrogen-bond acceptors (Lipinski definition) is 4. The summed E-state index contributed by atoms with van der Waals surface area (Å²) in [6.07, 6.45) is 2.96. The monoisotopic (exact) mass is 376 g/mol. The number of carbonyl (C=O) groups excluding carboxylic acids is 1. The molecule has 0 aliphatic heterocycles. The molecule has 7 heteroatoms. The number of nitrogens with zero attached hydrogens (tertiary/aromatic N) is 1. The van der Waals surface area contributed by atoms with Crippen LogP contribution >= 0.6 is 0 Å². The first kappa shape index (κ1) is 21.0. The number of rotatable bonds is 12. The Morgan fingerprint density at radius 1 is 1.11 bits per heavy atom. The number of hydrogen-bond donors (Lipinski definition) is 3. The second-order valence-electron chi connectivity index (χ2n) is 6.48. The Morgan fingerprint density at radius 2 is 1.81 bits per heavy atom. The zero-order chi connectivity index (χ0) is 19.3. The van der Waals surface area contributed by atoms with Crippen molar-refractivity contribution in [2.75, 3.05) is 40.0 Å². The molecule has 1 aromatic rings. The fraction of sp³-hybridized carbons (Fsp3) is 0.600. The summed E-state index contributed by atoms with van der Waals surface area (Å²) in [6, 6.07) is 7.87. The highest BCUT2D eigenvalue weighted by Crippen LogP contribution is 2.28. The van der Waals surface area contributed by atoms with Gasteiger partial charge in [-0.2, -0.15) is 0 Å². The minimum Gasteiger partial charge on any atom is -0.497 e. The van der Waals surface area contributed by atoms with Gasteiger partial charge in [0.1, 0.15) is 5.75 Å². The number of methoxy groups -OCH3 is 1. The van der Waals surface area contributed by atoms with Crippen LogP contribution < -0.4 is 20.7 Å². The fourth-order valence-electron chi connectivity index (χ4n) is 2.46. The average molecular weight is 377 g/mol. The smallest absolute Gasteiger partial charge is 0.223 e. The van der Waals surface area contributed by atoms with E-state index in [1.54, 1.807) is 7.11 Å². The van der Waals surface area contributed by atoms with E-state index in [-0.39, 0.29) is 11.8 Å². The van der Waals surface area contributed by atoms with Crippen molar-refractivity contribution >= 4 is 11.9 Å². The molecule has 0 aromatic heterocycles. The normalized spacial score (nSPS) is 13.9. The van der Waals surface area contributed by atoms with Crippen LogP contribution in [0.3, 0.4) is 0 Å². The minimum absolute atomic E-state index is 0.165. The molecule has 0 heterocycles. The lowest BCUT2D eigenvalue weighted by atomic mass is 10.2. The van der Waals surface area contributed by atoms with E-state index in [1.165, 1.54) is 0 Å². The summed E-state index contributed by atoms with van der Waals surface area (Å²) in [7, 11) is 1.66. The number of nitrogens with one attached hydrogen (secondary N) is 3. The average Bonchev–Trinajstić information content (AvgIpc) is 3.54. The highest BCUT2D eigenvalue weighted by Gasteiger charge is 2.28. The van der Waals surface area contributed by atoms with Crippen molar-refractivity contribution in [2.24, 2.45) is 10.9 Å². The molecule has 0 atom stereocenters. The molecule has 27 heavy (non-hydrogen) atoms. The number of guanidine groups is 1. The zero-order valence-corrected chi connectivity index (χ0v) is 16.4. The van der Waals surface area contributed by atoms with E-state index >= 15 is 0 Å². The molecule has 1 aromatic carbocycles. The van der Waals surface area contributed by atoms with E-state index in [0.717, 1.165) is 56.3 Å². The summed E-state index contributed by atoms with van der Waals surface area (Å²) in [5, 5.41) is 9.55. The van der Waals surface area contributed by atoms with E-state index in [2.05, 4.69) is 20.9 Å². The molecule has 7 nitrogen and oxygen atoms in total. The Kier molecular flexibility index (Phi) is 9.48.